The molecule has 0 unspecified atom stereocenters. The summed E-state index contributed by atoms with van der Waals surface area (Å²) >= 11 is 6.03. The lowest BCUT2D eigenvalue weighted by Gasteiger charge is -2.14. The van der Waals surface area contributed by atoms with Crippen LogP contribution >= 0.6 is 11.6 Å². The average molecular weight is 193 g/mol. The number of fused-ring (bicyclic) bond motifs is 1. The summed E-state index contributed by atoms with van der Waals surface area (Å²) in [6.45, 7) is 1.36. The van der Waals surface area contributed by atoms with Gasteiger partial charge in [-0.05, 0) is 24.1 Å². The smallest absolute Gasteiger partial charge is 0.105 e. The van der Waals surface area contributed by atoms with Crippen molar-refractivity contribution in [2.75, 3.05) is 18.0 Å². The number of halogens is 1. The van der Waals surface area contributed by atoms with Gasteiger partial charge in [-0.15, -0.1) is 0 Å². The highest BCUT2D eigenvalue weighted by molar-refractivity contribution is 6.31. The summed E-state index contributed by atoms with van der Waals surface area (Å²) < 4.78 is 0. The van der Waals surface area contributed by atoms with E-state index in [4.69, 9.17) is 16.9 Å². The van der Waals surface area contributed by atoms with Crippen LogP contribution in [0.5, 0.6) is 0 Å². The number of rotatable bonds is 1. The molecule has 0 aromatic heterocycles. The largest absolute Gasteiger partial charge is 0.358 e. The zero-order chi connectivity index (χ0) is 9.26. The summed E-state index contributed by atoms with van der Waals surface area (Å²) in [7, 11) is 0. The molecule has 2 rings (SSSR count). The van der Waals surface area contributed by atoms with Crippen LogP contribution in [0.2, 0.25) is 5.02 Å². The molecular weight excluding hydrogens is 184 g/mol. The van der Waals surface area contributed by atoms with Gasteiger partial charge in [0.15, 0.2) is 0 Å². The molecule has 0 aliphatic carbocycles. The minimum Gasteiger partial charge on any atom is -0.358 e. The van der Waals surface area contributed by atoms with Gasteiger partial charge in [0.05, 0.1) is 6.07 Å². The van der Waals surface area contributed by atoms with Crippen molar-refractivity contribution in [2.24, 2.45) is 0 Å². The Morgan fingerprint density at radius 2 is 2.38 bits per heavy atom. The van der Waals surface area contributed by atoms with Crippen LogP contribution < -0.4 is 4.90 Å². The maximum absolute atomic E-state index is 8.60. The number of nitriles is 1. The van der Waals surface area contributed by atoms with Gasteiger partial charge < -0.3 is 4.90 Å². The average Bonchev–Trinajstić information content (AvgIpc) is 2.51. The fourth-order valence-corrected chi connectivity index (χ4v) is 1.97. The Morgan fingerprint density at radius 3 is 3.15 bits per heavy atom. The molecule has 3 heteroatoms. The fraction of sp³-hybridized carbons (Fsp3) is 0.300. The second kappa shape index (κ2) is 3.27. The Hall–Kier alpha value is -1.20. The quantitative estimate of drug-likeness (QED) is 0.638. The van der Waals surface area contributed by atoms with Crippen LogP contribution in [-0.4, -0.2) is 13.1 Å². The first kappa shape index (κ1) is 8.40. The minimum absolute atomic E-state index is 0.452. The Bertz CT molecular complexity index is 368. The Kier molecular flexibility index (Phi) is 2.12. The third kappa shape index (κ3) is 1.36. The third-order valence-electron chi connectivity index (χ3n) is 2.33. The molecule has 0 atom stereocenters. The van der Waals surface area contributed by atoms with Gasteiger partial charge in [-0.3, -0.25) is 0 Å². The Labute approximate surface area is 82.3 Å². The third-order valence-corrected chi connectivity index (χ3v) is 2.68. The molecule has 1 aliphatic rings. The summed E-state index contributed by atoms with van der Waals surface area (Å²) in [5, 5.41) is 9.41. The summed E-state index contributed by atoms with van der Waals surface area (Å²) in [6.07, 6.45) is 0.955. The van der Waals surface area contributed by atoms with Crippen molar-refractivity contribution in [1.82, 2.24) is 0 Å². The molecule has 2 nitrogen and oxygen atoms in total. The van der Waals surface area contributed by atoms with E-state index in [1.165, 1.54) is 5.56 Å². The number of hydrogen-bond acceptors (Lipinski definition) is 2. The van der Waals surface area contributed by atoms with Crippen LogP contribution in [0.3, 0.4) is 0 Å². The van der Waals surface area contributed by atoms with Gasteiger partial charge in [-0.1, -0.05) is 17.7 Å². The molecule has 0 radical (unpaired) electrons. The number of anilines is 1. The summed E-state index contributed by atoms with van der Waals surface area (Å²) in [6, 6.07) is 8.00. The first-order valence-corrected chi connectivity index (χ1v) is 4.60. The van der Waals surface area contributed by atoms with Crippen molar-refractivity contribution < 1.29 is 0 Å². The number of hydrogen-bond donors (Lipinski definition) is 0. The van der Waals surface area contributed by atoms with Crippen molar-refractivity contribution in [3.8, 4) is 6.07 Å². The highest BCUT2D eigenvalue weighted by Gasteiger charge is 2.19. The van der Waals surface area contributed by atoms with E-state index in [0.29, 0.717) is 6.54 Å². The first-order valence-electron chi connectivity index (χ1n) is 4.22. The maximum atomic E-state index is 8.60. The monoisotopic (exact) mass is 192 g/mol. The summed E-state index contributed by atoms with van der Waals surface area (Å²) in [5.74, 6) is 0. The van der Waals surface area contributed by atoms with Crippen LogP contribution in [-0.2, 0) is 6.42 Å². The topological polar surface area (TPSA) is 27.0 Å². The Morgan fingerprint density at radius 1 is 1.54 bits per heavy atom. The van der Waals surface area contributed by atoms with E-state index in [-0.39, 0.29) is 0 Å². The summed E-state index contributed by atoms with van der Waals surface area (Å²) in [4.78, 5) is 2.06. The second-order valence-corrected chi connectivity index (χ2v) is 3.47. The predicted octanol–water partition coefficient (Wildman–Crippen LogP) is 2.23. The van der Waals surface area contributed by atoms with Gasteiger partial charge in [0.1, 0.15) is 6.54 Å². The molecule has 1 heterocycles. The molecule has 1 aliphatic heterocycles. The highest BCUT2D eigenvalue weighted by atomic mass is 35.5. The van der Waals surface area contributed by atoms with Crippen molar-refractivity contribution in [3.63, 3.8) is 0 Å². The predicted molar refractivity (Wildman–Crippen MR) is 53.0 cm³/mol. The highest BCUT2D eigenvalue weighted by Crippen LogP contribution is 2.32. The molecule has 0 fully saturated rings. The molecule has 0 N–H and O–H groups in total. The minimum atomic E-state index is 0.452. The number of benzene rings is 1. The molecule has 1 aromatic carbocycles. The van der Waals surface area contributed by atoms with Crippen LogP contribution in [0.4, 0.5) is 5.69 Å². The van der Waals surface area contributed by atoms with Crippen molar-refractivity contribution in [2.45, 2.75) is 6.42 Å². The zero-order valence-corrected chi connectivity index (χ0v) is 7.88. The van der Waals surface area contributed by atoms with Gasteiger partial charge in [0, 0.05) is 17.3 Å². The lowest BCUT2D eigenvalue weighted by molar-refractivity contribution is 0.909. The van der Waals surface area contributed by atoms with E-state index < -0.39 is 0 Å². The molecule has 66 valence electrons. The van der Waals surface area contributed by atoms with E-state index in [1.807, 2.05) is 18.2 Å². The van der Waals surface area contributed by atoms with Gasteiger partial charge in [-0.2, -0.15) is 5.26 Å². The maximum Gasteiger partial charge on any atom is 0.105 e. The van der Waals surface area contributed by atoms with E-state index in [2.05, 4.69) is 11.0 Å². The van der Waals surface area contributed by atoms with Crippen molar-refractivity contribution in [3.05, 3.63) is 28.8 Å². The molecule has 0 saturated heterocycles. The molecule has 0 spiro atoms. The molecule has 0 amide bonds. The molecule has 1 aromatic rings. The molecule has 13 heavy (non-hydrogen) atoms. The van der Waals surface area contributed by atoms with Gasteiger partial charge in [0.2, 0.25) is 0 Å². The van der Waals surface area contributed by atoms with Crippen LogP contribution in [0, 0.1) is 11.3 Å². The molecule has 0 saturated carbocycles. The first-order chi connectivity index (χ1) is 6.33. The standard InChI is InChI=1S/C10H9ClN2/c11-9-2-1-3-10-8(9)4-6-13(10)7-5-12/h1-3H,4,6-7H2. The SMILES string of the molecule is N#CCN1CCc2c(Cl)cccc21. The van der Waals surface area contributed by atoms with E-state index in [0.717, 1.165) is 23.7 Å². The van der Waals surface area contributed by atoms with E-state index in [1.54, 1.807) is 0 Å². The molecular formula is C10H9ClN2. The van der Waals surface area contributed by atoms with Crippen LogP contribution in [0.15, 0.2) is 18.2 Å². The normalized spacial score (nSPS) is 14.0. The van der Waals surface area contributed by atoms with E-state index >= 15 is 0 Å². The summed E-state index contributed by atoms with van der Waals surface area (Å²) in [5.41, 5.74) is 2.30. The van der Waals surface area contributed by atoms with Crippen LogP contribution in [0.25, 0.3) is 0 Å². The van der Waals surface area contributed by atoms with Gasteiger partial charge >= 0.3 is 0 Å². The van der Waals surface area contributed by atoms with Crippen molar-refractivity contribution in [1.29, 1.82) is 5.26 Å². The lowest BCUT2D eigenvalue weighted by Crippen LogP contribution is -2.20. The lowest BCUT2D eigenvalue weighted by atomic mass is 10.2. The van der Waals surface area contributed by atoms with E-state index in [9.17, 15) is 0 Å². The molecule has 0 bridgehead atoms. The number of nitrogens with zero attached hydrogens (tertiary/aromatic N) is 2. The van der Waals surface area contributed by atoms with Gasteiger partial charge in [0.25, 0.3) is 0 Å². The zero-order valence-electron chi connectivity index (χ0n) is 7.13. The van der Waals surface area contributed by atoms with Gasteiger partial charge in [-0.25, -0.2) is 0 Å². The van der Waals surface area contributed by atoms with Crippen LogP contribution in [0.1, 0.15) is 5.56 Å². The second-order valence-electron chi connectivity index (χ2n) is 3.07. The Balaban J connectivity index is 2.39. The fourth-order valence-electron chi connectivity index (χ4n) is 1.71. The van der Waals surface area contributed by atoms with Crippen molar-refractivity contribution >= 4 is 17.3 Å².